The van der Waals surface area contributed by atoms with Crippen LogP contribution in [0.25, 0.3) is 17.1 Å². The molecule has 0 atom stereocenters. The highest BCUT2D eigenvalue weighted by atomic mass is 79.9. The van der Waals surface area contributed by atoms with Gasteiger partial charge in [-0.1, -0.05) is 23.5 Å². The average molecular weight is 334 g/mol. The molecule has 0 aromatic carbocycles. The van der Waals surface area contributed by atoms with E-state index >= 15 is 0 Å². The SMILES string of the molecule is O=c1cc(/C=C/c2cccnc2)nc2sc(Br)cn12. The molecular weight excluding hydrogens is 326 g/mol. The summed E-state index contributed by atoms with van der Waals surface area (Å²) < 4.78 is 2.40. The fourth-order valence-electron chi connectivity index (χ4n) is 1.63. The van der Waals surface area contributed by atoms with Gasteiger partial charge in [-0.15, -0.1) is 0 Å². The van der Waals surface area contributed by atoms with E-state index in [2.05, 4.69) is 25.9 Å². The summed E-state index contributed by atoms with van der Waals surface area (Å²) >= 11 is 4.78. The van der Waals surface area contributed by atoms with Crippen LogP contribution >= 0.6 is 27.3 Å². The molecule has 94 valence electrons. The van der Waals surface area contributed by atoms with Crippen LogP contribution in [0.4, 0.5) is 0 Å². The number of nitrogens with zero attached hydrogens (tertiary/aromatic N) is 3. The highest BCUT2D eigenvalue weighted by Gasteiger charge is 2.03. The van der Waals surface area contributed by atoms with Crippen LogP contribution in [0, 0.1) is 0 Å². The second kappa shape index (κ2) is 5.07. The van der Waals surface area contributed by atoms with Crippen molar-refractivity contribution in [3.05, 3.63) is 62.2 Å². The molecule has 0 saturated heterocycles. The maximum absolute atomic E-state index is 11.9. The van der Waals surface area contributed by atoms with Gasteiger partial charge in [-0.2, -0.15) is 0 Å². The number of halogens is 1. The molecular formula is C13H8BrN3OS. The molecule has 0 aliphatic heterocycles. The lowest BCUT2D eigenvalue weighted by Crippen LogP contribution is -2.11. The van der Waals surface area contributed by atoms with E-state index in [-0.39, 0.29) is 5.56 Å². The summed E-state index contributed by atoms with van der Waals surface area (Å²) in [7, 11) is 0. The lowest BCUT2D eigenvalue weighted by atomic mass is 10.2. The monoisotopic (exact) mass is 333 g/mol. The second-order valence-corrected chi connectivity index (χ2v) is 6.22. The van der Waals surface area contributed by atoms with Gasteiger partial charge in [0.25, 0.3) is 5.56 Å². The molecule has 3 aromatic rings. The standard InChI is InChI=1S/C13H8BrN3OS/c14-11-8-17-12(18)6-10(16-13(17)19-11)4-3-9-2-1-5-15-7-9/h1-8H/b4-3+. The molecule has 4 nitrogen and oxygen atoms in total. The highest BCUT2D eigenvalue weighted by molar-refractivity contribution is 9.11. The summed E-state index contributed by atoms with van der Waals surface area (Å²) in [5, 5.41) is 0. The molecule has 3 rings (SSSR count). The van der Waals surface area contributed by atoms with Gasteiger partial charge in [0, 0.05) is 24.7 Å². The molecule has 0 saturated carbocycles. The summed E-state index contributed by atoms with van der Waals surface area (Å²) in [5.41, 5.74) is 1.53. The topological polar surface area (TPSA) is 47.3 Å². The minimum Gasteiger partial charge on any atom is -0.269 e. The number of hydrogen-bond donors (Lipinski definition) is 0. The van der Waals surface area contributed by atoms with Crippen LogP contribution in [0.2, 0.25) is 0 Å². The summed E-state index contributed by atoms with van der Waals surface area (Å²) in [6.45, 7) is 0. The molecule has 0 amide bonds. The Balaban J connectivity index is 2.02. The molecule has 3 heterocycles. The number of hydrogen-bond acceptors (Lipinski definition) is 4. The first kappa shape index (κ1) is 12.3. The molecule has 19 heavy (non-hydrogen) atoms. The Morgan fingerprint density at radius 2 is 2.26 bits per heavy atom. The minimum atomic E-state index is -0.0854. The fourth-order valence-corrected chi connectivity index (χ4v) is 3.00. The van der Waals surface area contributed by atoms with Gasteiger partial charge in [-0.3, -0.25) is 14.2 Å². The van der Waals surface area contributed by atoms with E-state index in [1.165, 1.54) is 21.8 Å². The van der Waals surface area contributed by atoms with Crippen molar-refractivity contribution in [1.29, 1.82) is 0 Å². The van der Waals surface area contributed by atoms with E-state index in [1.807, 2.05) is 24.3 Å². The maximum atomic E-state index is 11.9. The van der Waals surface area contributed by atoms with E-state index in [9.17, 15) is 4.79 Å². The molecule has 3 aromatic heterocycles. The van der Waals surface area contributed by atoms with Crippen LogP contribution in [0.15, 0.2) is 45.4 Å². The van der Waals surface area contributed by atoms with Gasteiger partial charge in [0.2, 0.25) is 0 Å². The molecule has 0 unspecified atom stereocenters. The van der Waals surface area contributed by atoms with Crippen LogP contribution in [0.5, 0.6) is 0 Å². The van der Waals surface area contributed by atoms with Gasteiger partial charge in [0.15, 0.2) is 4.96 Å². The number of rotatable bonds is 2. The smallest absolute Gasteiger partial charge is 0.259 e. The van der Waals surface area contributed by atoms with Gasteiger partial charge in [-0.25, -0.2) is 4.98 Å². The van der Waals surface area contributed by atoms with Crippen LogP contribution in [0.1, 0.15) is 11.3 Å². The van der Waals surface area contributed by atoms with Crippen molar-refractivity contribution in [1.82, 2.24) is 14.4 Å². The van der Waals surface area contributed by atoms with Gasteiger partial charge < -0.3 is 0 Å². The van der Waals surface area contributed by atoms with Gasteiger partial charge in [0.05, 0.1) is 9.48 Å². The Kier molecular flexibility index (Phi) is 3.27. The number of pyridine rings is 1. The Hall–Kier alpha value is -1.79. The van der Waals surface area contributed by atoms with Crippen molar-refractivity contribution in [3.8, 4) is 0 Å². The first-order valence-corrected chi connectivity index (χ1v) is 7.10. The molecule has 0 bridgehead atoms. The van der Waals surface area contributed by atoms with Crippen LogP contribution < -0.4 is 5.56 Å². The normalized spacial score (nSPS) is 11.4. The lowest BCUT2D eigenvalue weighted by Gasteiger charge is -1.95. The zero-order valence-corrected chi connectivity index (χ0v) is 12.1. The van der Waals surface area contributed by atoms with Gasteiger partial charge >= 0.3 is 0 Å². The molecule has 6 heteroatoms. The predicted molar refractivity (Wildman–Crippen MR) is 80.2 cm³/mol. The van der Waals surface area contributed by atoms with Crippen molar-refractivity contribution in [2.75, 3.05) is 0 Å². The minimum absolute atomic E-state index is 0.0854. The number of fused-ring (bicyclic) bond motifs is 1. The Labute approximate surface area is 121 Å². The summed E-state index contributed by atoms with van der Waals surface area (Å²) in [6.07, 6.45) is 8.89. The van der Waals surface area contributed by atoms with Crippen molar-refractivity contribution < 1.29 is 0 Å². The highest BCUT2D eigenvalue weighted by Crippen LogP contribution is 2.20. The number of thiazole rings is 1. The molecule has 0 N–H and O–H groups in total. The molecule has 0 fully saturated rings. The number of aromatic nitrogens is 3. The lowest BCUT2D eigenvalue weighted by molar-refractivity contribution is 1.07. The van der Waals surface area contributed by atoms with Crippen LogP contribution in [0.3, 0.4) is 0 Å². The Bertz CT molecular complexity index is 808. The Morgan fingerprint density at radius 3 is 3.05 bits per heavy atom. The predicted octanol–water partition coefficient (Wildman–Crippen LogP) is 3.08. The van der Waals surface area contributed by atoms with Crippen LogP contribution in [-0.2, 0) is 0 Å². The largest absolute Gasteiger partial charge is 0.269 e. The first-order valence-electron chi connectivity index (χ1n) is 5.49. The van der Waals surface area contributed by atoms with Crippen molar-refractivity contribution in [2.24, 2.45) is 0 Å². The molecule has 0 spiro atoms. The zero-order chi connectivity index (χ0) is 13.2. The van der Waals surface area contributed by atoms with E-state index in [0.717, 1.165) is 9.35 Å². The van der Waals surface area contributed by atoms with Gasteiger partial charge in [0.1, 0.15) is 0 Å². The van der Waals surface area contributed by atoms with E-state index in [4.69, 9.17) is 0 Å². The van der Waals surface area contributed by atoms with E-state index in [1.54, 1.807) is 18.6 Å². The third-order valence-electron chi connectivity index (χ3n) is 2.49. The fraction of sp³-hybridized carbons (Fsp3) is 0. The molecule has 0 aliphatic rings. The third-order valence-corrected chi connectivity index (χ3v) is 3.95. The van der Waals surface area contributed by atoms with Crippen molar-refractivity contribution in [2.45, 2.75) is 0 Å². The van der Waals surface area contributed by atoms with Gasteiger partial charge in [-0.05, 0) is 33.6 Å². The summed E-state index contributed by atoms with van der Waals surface area (Å²) in [6, 6.07) is 5.32. The maximum Gasteiger partial charge on any atom is 0.259 e. The first-order chi connectivity index (χ1) is 9.22. The third kappa shape index (κ3) is 2.64. The summed E-state index contributed by atoms with van der Waals surface area (Å²) in [4.78, 5) is 21.0. The van der Waals surface area contributed by atoms with Crippen LogP contribution in [-0.4, -0.2) is 14.4 Å². The molecule has 0 radical (unpaired) electrons. The van der Waals surface area contributed by atoms with E-state index in [0.29, 0.717) is 10.7 Å². The summed E-state index contributed by atoms with van der Waals surface area (Å²) in [5.74, 6) is 0. The van der Waals surface area contributed by atoms with Crippen molar-refractivity contribution >= 4 is 44.4 Å². The van der Waals surface area contributed by atoms with Crippen molar-refractivity contribution in [3.63, 3.8) is 0 Å². The molecule has 0 aliphatic carbocycles. The quantitative estimate of drug-likeness (QED) is 0.724. The zero-order valence-electron chi connectivity index (χ0n) is 9.65. The Morgan fingerprint density at radius 1 is 1.37 bits per heavy atom. The van der Waals surface area contributed by atoms with E-state index < -0.39 is 0 Å². The average Bonchev–Trinajstić information content (AvgIpc) is 2.79. The second-order valence-electron chi connectivity index (χ2n) is 3.83.